The van der Waals surface area contributed by atoms with Crippen LogP contribution in [0.4, 0.5) is 8.78 Å². The SMILES string of the molecule is O=C(NCC(O)COc1ccc(F)c(F)c1)[C@H]1CCCCN1. The molecule has 1 aliphatic heterocycles. The van der Waals surface area contributed by atoms with Crippen molar-refractivity contribution >= 4 is 5.91 Å². The maximum Gasteiger partial charge on any atom is 0.237 e. The molecule has 1 aromatic rings. The van der Waals surface area contributed by atoms with Gasteiger partial charge in [0.05, 0.1) is 6.04 Å². The molecule has 0 radical (unpaired) electrons. The molecule has 1 aromatic carbocycles. The third-order valence-corrected chi connectivity index (χ3v) is 3.47. The van der Waals surface area contributed by atoms with E-state index in [2.05, 4.69) is 10.6 Å². The first kappa shape index (κ1) is 16.6. The van der Waals surface area contributed by atoms with Crippen LogP contribution in [0.1, 0.15) is 19.3 Å². The Balaban J connectivity index is 1.69. The van der Waals surface area contributed by atoms with E-state index in [1.807, 2.05) is 0 Å². The van der Waals surface area contributed by atoms with Gasteiger partial charge < -0.3 is 20.5 Å². The van der Waals surface area contributed by atoms with E-state index < -0.39 is 17.7 Å². The van der Waals surface area contributed by atoms with Crippen molar-refractivity contribution in [1.82, 2.24) is 10.6 Å². The number of piperidine rings is 1. The summed E-state index contributed by atoms with van der Waals surface area (Å²) >= 11 is 0. The third kappa shape index (κ3) is 4.92. The standard InChI is InChI=1S/C15H20F2N2O3/c16-12-5-4-11(7-13(12)17)22-9-10(20)8-19-15(21)14-3-1-2-6-18-14/h4-5,7,10,14,18,20H,1-3,6,8-9H2,(H,19,21)/t10?,14-/m1/s1. The van der Waals surface area contributed by atoms with Crippen LogP contribution in [0.15, 0.2) is 18.2 Å². The number of hydrogen-bond acceptors (Lipinski definition) is 4. The highest BCUT2D eigenvalue weighted by atomic mass is 19.2. The van der Waals surface area contributed by atoms with Crippen molar-refractivity contribution in [2.24, 2.45) is 0 Å². The Kier molecular flexibility index (Phi) is 6.09. The van der Waals surface area contributed by atoms with Crippen LogP contribution in [0.3, 0.4) is 0 Å². The zero-order valence-corrected chi connectivity index (χ0v) is 12.1. The summed E-state index contributed by atoms with van der Waals surface area (Å²) in [7, 11) is 0. The van der Waals surface area contributed by atoms with Crippen molar-refractivity contribution in [1.29, 1.82) is 0 Å². The number of nitrogens with one attached hydrogen (secondary N) is 2. The lowest BCUT2D eigenvalue weighted by molar-refractivity contribution is -0.124. The normalized spacial score (nSPS) is 19.5. The van der Waals surface area contributed by atoms with Gasteiger partial charge in [-0.1, -0.05) is 6.42 Å². The van der Waals surface area contributed by atoms with Crippen LogP contribution in [0, 0.1) is 11.6 Å². The molecule has 3 N–H and O–H groups in total. The first-order valence-electron chi connectivity index (χ1n) is 7.33. The van der Waals surface area contributed by atoms with Crippen molar-refractivity contribution in [3.8, 4) is 5.75 Å². The molecular weight excluding hydrogens is 294 g/mol. The monoisotopic (exact) mass is 314 g/mol. The van der Waals surface area contributed by atoms with Crippen molar-refractivity contribution in [3.63, 3.8) is 0 Å². The number of benzene rings is 1. The molecule has 2 atom stereocenters. The van der Waals surface area contributed by atoms with E-state index in [1.54, 1.807) is 0 Å². The number of hydrogen-bond donors (Lipinski definition) is 3. The number of halogens is 2. The van der Waals surface area contributed by atoms with Crippen molar-refractivity contribution in [2.45, 2.75) is 31.4 Å². The largest absolute Gasteiger partial charge is 0.491 e. The lowest BCUT2D eigenvalue weighted by atomic mass is 10.0. The van der Waals surface area contributed by atoms with Gasteiger partial charge in [0.25, 0.3) is 0 Å². The predicted molar refractivity (Wildman–Crippen MR) is 76.5 cm³/mol. The van der Waals surface area contributed by atoms with E-state index in [9.17, 15) is 18.7 Å². The van der Waals surface area contributed by atoms with Crippen molar-refractivity contribution in [2.75, 3.05) is 19.7 Å². The topological polar surface area (TPSA) is 70.6 Å². The maximum absolute atomic E-state index is 13.0. The van der Waals surface area contributed by atoms with Crippen LogP contribution >= 0.6 is 0 Å². The van der Waals surface area contributed by atoms with Gasteiger partial charge in [0, 0.05) is 12.6 Å². The molecule has 1 aliphatic rings. The minimum Gasteiger partial charge on any atom is -0.491 e. The summed E-state index contributed by atoms with van der Waals surface area (Å²) in [5, 5.41) is 15.5. The molecule has 2 rings (SSSR count). The van der Waals surface area contributed by atoms with Crippen LogP contribution in [0.2, 0.25) is 0 Å². The highest BCUT2D eigenvalue weighted by Crippen LogP contribution is 2.15. The minimum absolute atomic E-state index is 0.0424. The van der Waals surface area contributed by atoms with Crippen LogP contribution < -0.4 is 15.4 Å². The molecule has 7 heteroatoms. The minimum atomic E-state index is -1.01. The summed E-state index contributed by atoms with van der Waals surface area (Å²) in [6.07, 6.45) is 1.93. The number of amides is 1. The number of carbonyl (C=O) groups excluding carboxylic acids is 1. The van der Waals surface area contributed by atoms with Gasteiger partial charge in [-0.25, -0.2) is 8.78 Å². The molecule has 1 amide bonds. The molecule has 5 nitrogen and oxygen atoms in total. The fourth-order valence-electron chi connectivity index (χ4n) is 2.24. The van der Waals surface area contributed by atoms with Crippen LogP contribution in [0.5, 0.6) is 5.75 Å². The number of aliphatic hydroxyl groups excluding tert-OH is 1. The molecule has 0 spiro atoms. The second kappa shape index (κ2) is 8.05. The van der Waals surface area contributed by atoms with Gasteiger partial charge in [0.1, 0.15) is 18.5 Å². The van der Waals surface area contributed by atoms with Crippen LogP contribution in [-0.2, 0) is 4.79 Å². The summed E-state index contributed by atoms with van der Waals surface area (Å²) in [5.74, 6) is -1.99. The van der Waals surface area contributed by atoms with Crippen molar-refractivity contribution < 1.29 is 23.4 Å². The van der Waals surface area contributed by atoms with E-state index in [4.69, 9.17) is 4.74 Å². The van der Waals surface area contributed by atoms with Gasteiger partial charge in [-0.05, 0) is 31.5 Å². The van der Waals surface area contributed by atoms with Crippen LogP contribution in [-0.4, -0.2) is 42.9 Å². The average Bonchev–Trinajstić information content (AvgIpc) is 2.54. The lowest BCUT2D eigenvalue weighted by Gasteiger charge is -2.23. The fraction of sp³-hybridized carbons (Fsp3) is 0.533. The molecule has 0 bridgehead atoms. The Morgan fingerprint density at radius 2 is 2.23 bits per heavy atom. The summed E-state index contributed by atoms with van der Waals surface area (Å²) in [6.45, 7) is 0.740. The highest BCUT2D eigenvalue weighted by molar-refractivity contribution is 5.81. The number of rotatable bonds is 6. The molecule has 1 saturated heterocycles. The fourth-order valence-corrected chi connectivity index (χ4v) is 2.24. The molecule has 1 unspecified atom stereocenters. The Labute approximate surface area is 127 Å². The van der Waals surface area contributed by atoms with Gasteiger partial charge >= 0.3 is 0 Å². The van der Waals surface area contributed by atoms with Gasteiger partial charge in [-0.15, -0.1) is 0 Å². The van der Waals surface area contributed by atoms with Crippen molar-refractivity contribution in [3.05, 3.63) is 29.8 Å². The summed E-state index contributed by atoms with van der Waals surface area (Å²) in [4.78, 5) is 11.8. The molecule has 0 aromatic heterocycles. The van der Waals surface area contributed by atoms with Gasteiger partial charge in [0.2, 0.25) is 5.91 Å². The number of ether oxygens (including phenoxy) is 1. The Hall–Kier alpha value is -1.73. The number of aliphatic hydroxyl groups is 1. The van der Waals surface area contributed by atoms with Gasteiger partial charge in [0.15, 0.2) is 11.6 Å². The summed E-state index contributed by atoms with van der Waals surface area (Å²) in [6, 6.07) is 2.92. The third-order valence-electron chi connectivity index (χ3n) is 3.47. The smallest absolute Gasteiger partial charge is 0.237 e. The molecule has 1 fully saturated rings. The molecule has 0 aliphatic carbocycles. The zero-order valence-electron chi connectivity index (χ0n) is 12.1. The van der Waals surface area contributed by atoms with Gasteiger partial charge in [-0.2, -0.15) is 0 Å². The van der Waals surface area contributed by atoms with E-state index in [-0.39, 0.29) is 30.9 Å². The van der Waals surface area contributed by atoms with E-state index in [0.717, 1.165) is 37.9 Å². The first-order chi connectivity index (χ1) is 10.6. The van der Waals surface area contributed by atoms with Crippen LogP contribution in [0.25, 0.3) is 0 Å². The highest BCUT2D eigenvalue weighted by Gasteiger charge is 2.20. The second-order valence-corrected chi connectivity index (χ2v) is 5.29. The van der Waals surface area contributed by atoms with E-state index in [0.29, 0.717) is 0 Å². The quantitative estimate of drug-likeness (QED) is 0.731. The lowest BCUT2D eigenvalue weighted by Crippen LogP contribution is -2.48. The van der Waals surface area contributed by atoms with Gasteiger partial charge in [-0.3, -0.25) is 4.79 Å². The Bertz CT molecular complexity index is 508. The maximum atomic E-state index is 13.0. The Morgan fingerprint density at radius 3 is 2.91 bits per heavy atom. The molecule has 22 heavy (non-hydrogen) atoms. The van der Waals surface area contributed by atoms with E-state index in [1.165, 1.54) is 6.07 Å². The molecule has 0 saturated carbocycles. The molecule has 122 valence electrons. The average molecular weight is 314 g/mol. The predicted octanol–water partition coefficient (Wildman–Crippen LogP) is 0.963. The summed E-state index contributed by atoms with van der Waals surface area (Å²) in [5.41, 5.74) is 0. The molecule has 1 heterocycles. The second-order valence-electron chi connectivity index (χ2n) is 5.29. The number of carbonyl (C=O) groups is 1. The summed E-state index contributed by atoms with van der Waals surface area (Å²) < 4.78 is 30.9. The zero-order chi connectivity index (χ0) is 15.9. The first-order valence-corrected chi connectivity index (χ1v) is 7.33. The van der Waals surface area contributed by atoms with E-state index >= 15 is 0 Å². The molecular formula is C15H20F2N2O3. The Morgan fingerprint density at radius 1 is 1.41 bits per heavy atom.